The Kier molecular flexibility index (Phi) is 9.75. The minimum Gasteiger partial charge on any atom is -0.478 e. The van der Waals surface area contributed by atoms with Crippen LogP contribution in [0, 0.1) is 56.7 Å². The fraction of sp³-hybridized carbons (Fsp3) is 0.727. The third-order valence-electron chi connectivity index (χ3n) is 17.0. The van der Waals surface area contributed by atoms with Gasteiger partial charge in [-0.25, -0.2) is 13.2 Å². The van der Waals surface area contributed by atoms with Crippen molar-refractivity contribution in [2.75, 3.05) is 37.7 Å². The molecule has 0 bridgehead atoms. The number of hydrogen-bond donors (Lipinski definition) is 3. The summed E-state index contributed by atoms with van der Waals surface area (Å²) in [4.78, 5) is 28.3. The Labute approximate surface area is 318 Å². The van der Waals surface area contributed by atoms with E-state index >= 15 is 0 Å². The molecule has 6 aliphatic rings. The Hall–Kier alpha value is -2.49. The molecule has 0 radical (unpaired) electrons. The second-order valence-corrected chi connectivity index (χ2v) is 21.7. The van der Waals surface area contributed by atoms with Gasteiger partial charge in [-0.15, -0.1) is 0 Å². The molecule has 0 unspecified atom stereocenters. The van der Waals surface area contributed by atoms with Gasteiger partial charge in [0.05, 0.1) is 28.6 Å². The molecule has 0 spiro atoms. The molecule has 5 fully saturated rings. The van der Waals surface area contributed by atoms with Crippen molar-refractivity contribution in [2.45, 2.75) is 105 Å². The largest absolute Gasteiger partial charge is 0.478 e. The number of aliphatic hydroxyl groups is 1. The van der Waals surface area contributed by atoms with E-state index in [1.54, 1.807) is 12.1 Å². The number of benzene rings is 1. The van der Waals surface area contributed by atoms with Crippen LogP contribution in [0.1, 0.15) is 115 Å². The Bertz CT molecular complexity index is 1770. The van der Waals surface area contributed by atoms with Gasteiger partial charge in [-0.05, 0) is 140 Å². The van der Waals surface area contributed by atoms with Gasteiger partial charge in [0.1, 0.15) is 0 Å². The maximum atomic E-state index is 14.5. The van der Waals surface area contributed by atoms with Crippen LogP contribution in [0.2, 0.25) is 0 Å². The van der Waals surface area contributed by atoms with Crippen LogP contribution in [0.15, 0.2) is 42.5 Å². The van der Waals surface area contributed by atoms with Crippen molar-refractivity contribution in [3.8, 4) is 0 Å². The van der Waals surface area contributed by atoms with Gasteiger partial charge in [-0.3, -0.25) is 4.79 Å². The minimum atomic E-state index is -2.91. The van der Waals surface area contributed by atoms with E-state index in [1.165, 1.54) is 5.57 Å². The fourth-order valence-electron chi connectivity index (χ4n) is 14.0. The van der Waals surface area contributed by atoms with Crippen LogP contribution in [0.4, 0.5) is 0 Å². The molecule has 9 heteroatoms. The van der Waals surface area contributed by atoms with E-state index in [0.29, 0.717) is 37.4 Å². The molecule has 3 N–H and O–H groups in total. The topological polar surface area (TPSA) is 124 Å². The molecule has 53 heavy (non-hydrogen) atoms. The SMILES string of the molecule is C=C(C)[C@@H]1CC[C@]2(C(=O)NCCCN3CCS(=O)(=O)CC3)CC[C@]3(C)[C@H](CC[C@@H]4[C@@]5(C)[C@@H](O)C=C(c6ccc(C(=O)O)cc6)C(C)(C)[C@@H]5CC[C@]43C)[C@@H]12. The first-order valence-corrected chi connectivity index (χ1v) is 22.2. The number of carboxylic acid groups (broad SMARTS) is 1. The highest BCUT2D eigenvalue weighted by Gasteiger charge is 2.72. The lowest BCUT2D eigenvalue weighted by Crippen LogP contribution is -2.68. The lowest BCUT2D eigenvalue weighted by molar-refractivity contribution is -0.240. The van der Waals surface area contributed by atoms with Gasteiger partial charge >= 0.3 is 5.97 Å². The average molecular weight is 749 g/mol. The highest BCUT2D eigenvalue weighted by molar-refractivity contribution is 7.91. The molecule has 4 saturated carbocycles. The second-order valence-electron chi connectivity index (χ2n) is 19.4. The molecule has 1 aliphatic heterocycles. The predicted molar refractivity (Wildman–Crippen MR) is 210 cm³/mol. The number of fused-ring (bicyclic) bond motifs is 7. The molecule has 1 saturated heterocycles. The first kappa shape index (κ1) is 38.8. The molecule has 7 rings (SSSR count). The van der Waals surface area contributed by atoms with Crippen molar-refractivity contribution in [1.29, 1.82) is 0 Å². The van der Waals surface area contributed by atoms with E-state index in [4.69, 9.17) is 0 Å². The van der Waals surface area contributed by atoms with E-state index in [-0.39, 0.29) is 56.5 Å². The molecule has 1 amide bonds. The van der Waals surface area contributed by atoms with E-state index in [2.05, 4.69) is 64.4 Å². The first-order valence-electron chi connectivity index (χ1n) is 20.4. The zero-order valence-electron chi connectivity index (χ0n) is 33.0. The number of allylic oxidation sites excluding steroid dienone is 2. The van der Waals surface area contributed by atoms with E-state index in [1.807, 2.05) is 12.1 Å². The van der Waals surface area contributed by atoms with Gasteiger partial charge in [0, 0.05) is 25.0 Å². The summed E-state index contributed by atoms with van der Waals surface area (Å²) in [6.07, 6.45) is 10.3. The maximum absolute atomic E-state index is 14.5. The van der Waals surface area contributed by atoms with E-state index < -0.39 is 27.3 Å². The molecule has 5 aliphatic carbocycles. The number of rotatable bonds is 8. The summed E-state index contributed by atoms with van der Waals surface area (Å²) < 4.78 is 23.8. The second kappa shape index (κ2) is 13.3. The number of nitrogens with zero attached hydrogens (tertiary/aromatic N) is 1. The predicted octanol–water partition coefficient (Wildman–Crippen LogP) is 7.24. The summed E-state index contributed by atoms with van der Waals surface area (Å²) >= 11 is 0. The van der Waals surface area contributed by atoms with Crippen LogP contribution in [0.25, 0.3) is 5.57 Å². The number of sulfone groups is 1. The van der Waals surface area contributed by atoms with Crippen LogP contribution in [0.3, 0.4) is 0 Å². The minimum absolute atomic E-state index is 0.000516. The lowest BCUT2D eigenvalue weighted by atomic mass is 9.32. The summed E-state index contributed by atoms with van der Waals surface area (Å²) in [5.41, 5.74) is 2.67. The van der Waals surface area contributed by atoms with Crippen molar-refractivity contribution in [1.82, 2.24) is 10.2 Å². The highest BCUT2D eigenvalue weighted by atomic mass is 32.2. The normalized spacial score (nSPS) is 41.5. The van der Waals surface area contributed by atoms with Crippen LogP contribution < -0.4 is 5.32 Å². The van der Waals surface area contributed by atoms with Crippen molar-refractivity contribution < 1.29 is 28.2 Å². The number of aliphatic hydroxyl groups excluding tert-OH is 1. The van der Waals surface area contributed by atoms with Crippen molar-refractivity contribution in [2.24, 2.45) is 56.7 Å². The summed E-state index contributed by atoms with van der Waals surface area (Å²) in [6.45, 7) is 21.4. The van der Waals surface area contributed by atoms with Gasteiger partial charge in [0.15, 0.2) is 9.84 Å². The monoisotopic (exact) mass is 748 g/mol. The van der Waals surface area contributed by atoms with Crippen molar-refractivity contribution in [3.63, 3.8) is 0 Å². The third kappa shape index (κ3) is 5.91. The summed E-state index contributed by atoms with van der Waals surface area (Å²) in [5.74, 6) is 1.30. The van der Waals surface area contributed by atoms with Crippen molar-refractivity contribution >= 4 is 27.3 Å². The van der Waals surface area contributed by atoms with Crippen LogP contribution in [-0.4, -0.2) is 79.2 Å². The van der Waals surface area contributed by atoms with Gasteiger partial charge < -0.3 is 20.4 Å². The van der Waals surface area contributed by atoms with Gasteiger partial charge in [0.25, 0.3) is 0 Å². The number of amides is 1. The zero-order valence-corrected chi connectivity index (χ0v) is 33.9. The summed E-state index contributed by atoms with van der Waals surface area (Å²) in [7, 11) is -2.91. The Balaban J connectivity index is 1.13. The number of carbonyl (C=O) groups is 2. The highest BCUT2D eigenvalue weighted by Crippen LogP contribution is 2.77. The molecule has 292 valence electrons. The number of carbonyl (C=O) groups excluding carboxylic acids is 1. The molecular formula is C44H64N2O6S. The molecular weight excluding hydrogens is 685 g/mol. The van der Waals surface area contributed by atoms with Crippen LogP contribution in [0.5, 0.6) is 0 Å². The van der Waals surface area contributed by atoms with Crippen LogP contribution >= 0.6 is 0 Å². The number of carboxylic acids is 1. The van der Waals surface area contributed by atoms with E-state index in [0.717, 1.165) is 75.5 Å². The lowest BCUT2D eigenvalue weighted by Gasteiger charge is -2.72. The average Bonchev–Trinajstić information content (AvgIpc) is 3.51. The molecule has 1 heterocycles. The number of hydrogen-bond acceptors (Lipinski definition) is 6. The van der Waals surface area contributed by atoms with E-state index in [9.17, 15) is 28.2 Å². The summed E-state index contributed by atoms with van der Waals surface area (Å²) in [6, 6.07) is 7.15. The van der Waals surface area contributed by atoms with Gasteiger partial charge in [-0.2, -0.15) is 0 Å². The quantitative estimate of drug-likeness (QED) is 0.189. The smallest absolute Gasteiger partial charge is 0.335 e. The van der Waals surface area contributed by atoms with Crippen molar-refractivity contribution in [3.05, 3.63) is 53.6 Å². The van der Waals surface area contributed by atoms with Crippen LogP contribution in [-0.2, 0) is 14.6 Å². The number of nitrogens with one attached hydrogen (secondary N) is 1. The Morgan fingerprint density at radius 3 is 2.23 bits per heavy atom. The fourth-order valence-corrected chi connectivity index (χ4v) is 15.3. The molecule has 10 atom stereocenters. The third-order valence-corrected chi connectivity index (χ3v) is 18.6. The number of aromatic carboxylic acids is 1. The molecule has 0 aromatic heterocycles. The Morgan fingerprint density at radius 1 is 0.906 bits per heavy atom. The standard InChI is InChI=1S/C44H64N2O6S/c1-28(2)31-15-18-44(39(50)45-21-8-22-46-23-25-53(51,52)26-24-46)20-19-41(5)32(37(31)44)13-14-35-42(41,6)17-16-34-40(3,4)33(27-36(47)43(34,35)7)29-9-11-30(12-10-29)38(48)49/h9-12,27,31-32,34-37,47H,1,8,13-26H2,2-7H3,(H,45,50)(H,48,49)/t31-,32+,34-,35-,36-,37+,41+,42+,43-,44-/m0/s1. The molecule has 1 aromatic rings. The van der Waals surface area contributed by atoms with Gasteiger partial charge in [-0.1, -0.05) is 65.0 Å². The first-order chi connectivity index (χ1) is 24.8. The Morgan fingerprint density at radius 2 is 1.58 bits per heavy atom. The summed E-state index contributed by atoms with van der Waals surface area (Å²) in [5, 5.41) is 25.2. The molecule has 8 nitrogen and oxygen atoms in total. The zero-order chi connectivity index (χ0) is 38.4. The molecule has 1 aromatic carbocycles. The van der Waals surface area contributed by atoms with Gasteiger partial charge in [0.2, 0.25) is 5.91 Å². The maximum Gasteiger partial charge on any atom is 0.335 e.